The van der Waals surface area contributed by atoms with Crippen LogP contribution >= 0.6 is 0 Å². The highest BCUT2D eigenvalue weighted by molar-refractivity contribution is 5.51. The van der Waals surface area contributed by atoms with Gasteiger partial charge in [0.2, 0.25) is 0 Å². The molecular weight excluding hydrogens is 260 g/mol. The van der Waals surface area contributed by atoms with E-state index in [2.05, 4.69) is 56.1 Å². The van der Waals surface area contributed by atoms with Gasteiger partial charge in [0.15, 0.2) is 0 Å². The third kappa shape index (κ3) is 4.72. The molecule has 1 aliphatic heterocycles. The molecule has 1 aromatic carbocycles. The van der Waals surface area contributed by atoms with Gasteiger partial charge < -0.3 is 15.3 Å². The van der Waals surface area contributed by atoms with Gasteiger partial charge in [-0.05, 0) is 69.7 Å². The zero-order valence-corrected chi connectivity index (χ0v) is 13.9. The maximum Gasteiger partial charge on any atom is 0.0460 e. The highest BCUT2D eigenvalue weighted by Crippen LogP contribution is 2.25. The molecule has 21 heavy (non-hydrogen) atoms. The fraction of sp³-hybridized carbons (Fsp3) is 0.667. The van der Waals surface area contributed by atoms with E-state index in [-0.39, 0.29) is 5.54 Å². The van der Waals surface area contributed by atoms with Gasteiger partial charge in [-0.3, -0.25) is 0 Å². The molecule has 1 fully saturated rings. The summed E-state index contributed by atoms with van der Waals surface area (Å²) in [5.41, 5.74) is 4.20. The Hall–Kier alpha value is -1.06. The average molecular weight is 290 g/mol. The number of rotatable bonds is 4. The van der Waals surface area contributed by atoms with Crippen molar-refractivity contribution in [2.24, 2.45) is 5.92 Å². The van der Waals surface area contributed by atoms with Crippen LogP contribution in [0.1, 0.15) is 44.7 Å². The van der Waals surface area contributed by atoms with Crippen LogP contribution in [0.25, 0.3) is 0 Å². The minimum atomic E-state index is 0.150. The molecule has 0 amide bonds. The third-order valence-electron chi connectivity index (χ3n) is 4.37. The van der Waals surface area contributed by atoms with E-state index < -0.39 is 0 Å². The molecule has 2 N–H and O–H groups in total. The molecule has 1 saturated heterocycles. The lowest BCUT2D eigenvalue weighted by atomic mass is 9.97. The molecule has 0 bridgehead atoms. The van der Waals surface area contributed by atoms with E-state index in [1.807, 2.05) is 0 Å². The highest BCUT2D eigenvalue weighted by Gasteiger charge is 2.19. The molecule has 118 valence electrons. The zero-order valence-electron chi connectivity index (χ0n) is 13.9. The van der Waals surface area contributed by atoms with Crippen molar-refractivity contribution in [3.8, 4) is 0 Å². The number of hydrogen-bond donors (Lipinski definition) is 2. The van der Waals surface area contributed by atoms with Gasteiger partial charge in [-0.15, -0.1) is 0 Å². The second kappa shape index (κ2) is 6.80. The van der Waals surface area contributed by atoms with Crippen molar-refractivity contribution in [2.75, 3.05) is 24.6 Å². The van der Waals surface area contributed by atoms with E-state index in [0.29, 0.717) is 12.5 Å². The number of nitrogens with zero attached hydrogens (tertiary/aromatic N) is 1. The van der Waals surface area contributed by atoms with Crippen LogP contribution in [0.4, 0.5) is 5.69 Å². The Kier molecular flexibility index (Phi) is 5.28. The Balaban J connectivity index is 1.99. The standard InChI is InChI=1S/C18H30N2O/c1-14-11-17(20-9-7-15(13-21)8-10-20)6-5-16(14)12-19-18(2,3)4/h5-6,11,15,19,21H,7-10,12-13H2,1-4H3. The molecule has 0 atom stereocenters. The molecule has 0 radical (unpaired) electrons. The number of aliphatic hydroxyl groups excluding tert-OH is 1. The number of benzene rings is 1. The molecule has 1 aromatic rings. The van der Waals surface area contributed by atoms with E-state index >= 15 is 0 Å². The molecule has 2 rings (SSSR count). The predicted octanol–water partition coefficient (Wildman–Crippen LogP) is 3.09. The van der Waals surface area contributed by atoms with Crippen LogP contribution in [0.2, 0.25) is 0 Å². The van der Waals surface area contributed by atoms with E-state index in [1.54, 1.807) is 0 Å². The van der Waals surface area contributed by atoms with Gasteiger partial charge in [0.1, 0.15) is 0 Å². The highest BCUT2D eigenvalue weighted by atomic mass is 16.3. The lowest BCUT2D eigenvalue weighted by molar-refractivity contribution is 0.203. The van der Waals surface area contributed by atoms with Gasteiger partial charge in [0.25, 0.3) is 0 Å². The Labute approximate surface area is 129 Å². The van der Waals surface area contributed by atoms with Crippen molar-refractivity contribution in [3.05, 3.63) is 29.3 Å². The third-order valence-corrected chi connectivity index (χ3v) is 4.37. The fourth-order valence-corrected chi connectivity index (χ4v) is 2.81. The number of aliphatic hydroxyl groups is 1. The lowest BCUT2D eigenvalue weighted by Gasteiger charge is -2.33. The van der Waals surface area contributed by atoms with Crippen LogP contribution in [0.5, 0.6) is 0 Å². The van der Waals surface area contributed by atoms with Gasteiger partial charge in [-0.25, -0.2) is 0 Å². The quantitative estimate of drug-likeness (QED) is 0.894. The number of piperidine rings is 1. The molecule has 0 aromatic heterocycles. The smallest absolute Gasteiger partial charge is 0.0460 e. The number of hydrogen-bond acceptors (Lipinski definition) is 3. The van der Waals surface area contributed by atoms with Gasteiger partial charge in [0, 0.05) is 37.5 Å². The summed E-state index contributed by atoms with van der Waals surface area (Å²) in [6.45, 7) is 12.2. The fourth-order valence-electron chi connectivity index (χ4n) is 2.81. The molecule has 0 saturated carbocycles. The zero-order chi connectivity index (χ0) is 15.5. The first-order valence-corrected chi connectivity index (χ1v) is 8.09. The lowest BCUT2D eigenvalue weighted by Crippen LogP contribution is -2.35. The first kappa shape index (κ1) is 16.3. The second-order valence-electron chi connectivity index (χ2n) is 7.33. The first-order valence-electron chi connectivity index (χ1n) is 8.09. The van der Waals surface area contributed by atoms with Crippen molar-refractivity contribution in [2.45, 2.75) is 52.6 Å². The SMILES string of the molecule is Cc1cc(N2CCC(CO)CC2)ccc1CNC(C)(C)C. The normalized spacial score (nSPS) is 17.3. The van der Waals surface area contributed by atoms with Gasteiger partial charge in [-0.2, -0.15) is 0 Å². The van der Waals surface area contributed by atoms with Crippen LogP contribution in [0, 0.1) is 12.8 Å². The van der Waals surface area contributed by atoms with E-state index in [1.165, 1.54) is 16.8 Å². The van der Waals surface area contributed by atoms with Crippen molar-refractivity contribution in [1.29, 1.82) is 0 Å². The average Bonchev–Trinajstić information content (AvgIpc) is 2.45. The van der Waals surface area contributed by atoms with Gasteiger partial charge >= 0.3 is 0 Å². The Morgan fingerprint density at radius 2 is 1.90 bits per heavy atom. The molecular formula is C18H30N2O. The molecule has 1 aliphatic rings. The monoisotopic (exact) mass is 290 g/mol. The predicted molar refractivity (Wildman–Crippen MR) is 89.8 cm³/mol. The summed E-state index contributed by atoms with van der Waals surface area (Å²) in [5.74, 6) is 0.498. The second-order valence-corrected chi connectivity index (χ2v) is 7.33. The van der Waals surface area contributed by atoms with Crippen LogP contribution in [0.15, 0.2) is 18.2 Å². The number of nitrogens with one attached hydrogen (secondary N) is 1. The molecule has 3 nitrogen and oxygen atoms in total. The van der Waals surface area contributed by atoms with Gasteiger partial charge in [-0.1, -0.05) is 6.07 Å². The summed E-state index contributed by atoms with van der Waals surface area (Å²) in [4.78, 5) is 2.44. The summed E-state index contributed by atoms with van der Waals surface area (Å²) in [5, 5.41) is 12.8. The summed E-state index contributed by atoms with van der Waals surface area (Å²) in [6.07, 6.45) is 2.20. The number of anilines is 1. The van der Waals surface area contributed by atoms with Crippen LogP contribution in [0.3, 0.4) is 0 Å². The summed E-state index contributed by atoms with van der Waals surface area (Å²) in [7, 11) is 0. The molecule has 0 unspecified atom stereocenters. The van der Waals surface area contributed by atoms with Crippen molar-refractivity contribution < 1.29 is 5.11 Å². The Morgan fingerprint density at radius 3 is 2.43 bits per heavy atom. The van der Waals surface area contributed by atoms with Crippen molar-refractivity contribution in [1.82, 2.24) is 5.32 Å². The van der Waals surface area contributed by atoms with E-state index in [0.717, 1.165) is 32.5 Å². The summed E-state index contributed by atoms with van der Waals surface area (Å²) in [6, 6.07) is 6.80. The molecule has 3 heteroatoms. The maximum absolute atomic E-state index is 9.23. The first-order chi connectivity index (χ1) is 9.89. The van der Waals surface area contributed by atoms with Crippen molar-refractivity contribution in [3.63, 3.8) is 0 Å². The largest absolute Gasteiger partial charge is 0.396 e. The van der Waals surface area contributed by atoms with Crippen LogP contribution < -0.4 is 10.2 Å². The van der Waals surface area contributed by atoms with Crippen LogP contribution in [-0.4, -0.2) is 30.3 Å². The Bertz CT molecular complexity index is 457. The summed E-state index contributed by atoms with van der Waals surface area (Å²) >= 11 is 0. The van der Waals surface area contributed by atoms with E-state index in [4.69, 9.17) is 0 Å². The topological polar surface area (TPSA) is 35.5 Å². The number of aryl methyl sites for hydroxylation is 1. The minimum absolute atomic E-state index is 0.150. The van der Waals surface area contributed by atoms with Gasteiger partial charge in [0.05, 0.1) is 0 Å². The van der Waals surface area contributed by atoms with Crippen molar-refractivity contribution >= 4 is 5.69 Å². The van der Waals surface area contributed by atoms with E-state index in [9.17, 15) is 5.11 Å². The molecule has 0 spiro atoms. The van der Waals surface area contributed by atoms with Crippen LogP contribution in [-0.2, 0) is 6.54 Å². The maximum atomic E-state index is 9.23. The molecule has 1 heterocycles. The minimum Gasteiger partial charge on any atom is -0.396 e. The summed E-state index contributed by atoms with van der Waals surface area (Å²) < 4.78 is 0. The molecule has 0 aliphatic carbocycles. The Morgan fingerprint density at radius 1 is 1.24 bits per heavy atom.